The van der Waals surface area contributed by atoms with Crippen molar-refractivity contribution in [3.8, 4) is 0 Å². The van der Waals surface area contributed by atoms with Crippen molar-refractivity contribution in [2.45, 2.75) is 4.90 Å². The van der Waals surface area contributed by atoms with E-state index < -0.39 is 15.8 Å². The number of rotatable bonds is 2. The molecule has 94 valence electrons. The molecule has 0 spiro atoms. The third-order valence-electron chi connectivity index (χ3n) is 2.48. The molecule has 7 heteroatoms. The average molecular weight is 340 g/mol. The van der Waals surface area contributed by atoms with Gasteiger partial charge < -0.3 is 0 Å². The average Bonchev–Trinajstić information content (AvgIpc) is 2.33. The quantitative estimate of drug-likeness (QED) is 0.829. The van der Waals surface area contributed by atoms with E-state index in [9.17, 15) is 12.8 Å². The van der Waals surface area contributed by atoms with E-state index in [1.165, 1.54) is 16.4 Å². The van der Waals surface area contributed by atoms with Crippen molar-refractivity contribution in [1.82, 2.24) is 4.31 Å². The molecule has 1 aromatic rings. The number of hydrogen-bond acceptors (Lipinski definition) is 3. The Morgan fingerprint density at radius 3 is 2.59 bits per heavy atom. The van der Waals surface area contributed by atoms with Crippen molar-refractivity contribution in [2.24, 2.45) is 0 Å². The molecule has 17 heavy (non-hydrogen) atoms. The van der Waals surface area contributed by atoms with E-state index in [-0.39, 0.29) is 4.90 Å². The number of sulfonamides is 1. The summed E-state index contributed by atoms with van der Waals surface area (Å²) in [4.78, 5) is -0.251. The number of thioether (sulfide) groups is 1. The molecule has 1 fully saturated rings. The summed E-state index contributed by atoms with van der Waals surface area (Å²) >= 11 is 4.87. The first-order valence-electron chi connectivity index (χ1n) is 5.05. The second kappa shape index (κ2) is 5.26. The van der Waals surface area contributed by atoms with E-state index in [4.69, 9.17) is 0 Å². The Kier molecular flexibility index (Phi) is 4.12. The molecule has 1 saturated heterocycles. The van der Waals surface area contributed by atoms with Gasteiger partial charge in [-0.25, -0.2) is 12.8 Å². The van der Waals surface area contributed by atoms with Crippen molar-refractivity contribution in [3.63, 3.8) is 0 Å². The van der Waals surface area contributed by atoms with Gasteiger partial charge in [0.15, 0.2) is 0 Å². The van der Waals surface area contributed by atoms with Gasteiger partial charge in [0.25, 0.3) is 0 Å². The first-order valence-corrected chi connectivity index (χ1v) is 8.43. The maximum Gasteiger partial charge on any atom is 0.246 e. The summed E-state index contributed by atoms with van der Waals surface area (Å²) in [5.41, 5.74) is 0. The number of hydrogen-bond donors (Lipinski definition) is 0. The maximum absolute atomic E-state index is 13.6. The molecule has 1 heterocycles. The van der Waals surface area contributed by atoms with E-state index in [1.54, 1.807) is 11.8 Å². The maximum atomic E-state index is 13.6. The van der Waals surface area contributed by atoms with E-state index in [1.807, 2.05) is 0 Å². The van der Waals surface area contributed by atoms with Gasteiger partial charge in [0, 0.05) is 29.1 Å². The normalized spacial score (nSPS) is 18.2. The highest BCUT2D eigenvalue weighted by atomic mass is 79.9. The van der Waals surface area contributed by atoms with Crippen LogP contribution in [-0.4, -0.2) is 37.3 Å². The molecular weight excluding hydrogens is 329 g/mol. The van der Waals surface area contributed by atoms with Gasteiger partial charge in [0.1, 0.15) is 10.7 Å². The highest BCUT2D eigenvalue weighted by molar-refractivity contribution is 9.10. The Morgan fingerprint density at radius 1 is 1.29 bits per heavy atom. The molecule has 0 radical (unpaired) electrons. The zero-order valence-corrected chi connectivity index (χ0v) is 12.1. The van der Waals surface area contributed by atoms with Crippen molar-refractivity contribution in [2.75, 3.05) is 24.6 Å². The van der Waals surface area contributed by atoms with Gasteiger partial charge in [-0.1, -0.05) is 15.9 Å². The molecule has 0 aromatic heterocycles. The highest BCUT2D eigenvalue weighted by Crippen LogP contribution is 2.25. The number of nitrogens with zero attached hydrogens (tertiary/aromatic N) is 1. The minimum Gasteiger partial charge on any atom is -0.207 e. The van der Waals surface area contributed by atoms with Crippen LogP contribution in [0.25, 0.3) is 0 Å². The Bertz CT molecular complexity index is 515. The van der Waals surface area contributed by atoms with Crippen molar-refractivity contribution in [1.29, 1.82) is 0 Å². The van der Waals surface area contributed by atoms with Crippen LogP contribution >= 0.6 is 27.7 Å². The minimum atomic E-state index is -3.70. The third kappa shape index (κ3) is 2.83. The summed E-state index contributed by atoms with van der Waals surface area (Å²) < 4.78 is 39.9. The van der Waals surface area contributed by atoms with Crippen LogP contribution in [0.3, 0.4) is 0 Å². The largest absolute Gasteiger partial charge is 0.246 e. The molecule has 0 amide bonds. The molecular formula is C10H11BrFNO2S2. The van der Waals surface area contributed by atoms with Gasteiger partial charge in [0.05, 0.1) is 0 Å². The number of halogens is 2. The number of benzene rings is 1. The van der Waals surface area contributed by atoms with Crippen LogP contribution < -0.4 is 0 Å². The summed E-state index contributed by atoms with van der Waals surface area (Å²) in [5, 5.41) is 0. The fraction of sp³-hybridized carbons (Fsp3) is 0.400. The molecule has 1 aliphatic heterocycles. The van der Waals surface area contributed by atoms with Crippen molar-refractivity contribution in [3.05, 3.63) is 28.5 Å². The first kappa shape index (κ1) is 13.3. The van der Waals surface area contributed by atoms with Crippen LogP contribution in [0.1, 0.15) is 0 Å². The highest BCUT2D eigenvalue weighted by Gasteiger charge is 2.28. The summed E-state index contributed by atoms with van der Waals surface area (Å²) in [6.45, 7) is 0.887. The molecule has 0 saturated carbocycles. The standard InChI is InChI=1S/C10H11BrFNO2S2/c11-8-1-2-9(12)10(7-8)17(14,15)13-3-5-16-6-4-13/h1-2,7H,3-6H2. The fourth-order valence-corrected chi connectivity index (χ4v) is 4.78. The van der Waals surface area contributed by atoms with Crippen LogP contribution in [0.4, 0.5) is 4.39 Å². The lowest BCUT2D eigenvalue weighted by Crippen LogP contribution is -2.38. The monoisotopic (exact) mass is 339 g/mol. The van der Waals surface area contributed by atoms with Gasteiger partial charge in [0.2, 0.25) is 10.0 Å². The van der Waals surface area contributed by atoms with Crippen LogP contribution in [0.2, 0.25) is 0 Å². The molecule has 0 aliphatic carbocycles. The summed E-state index contributed by atoms with van der Waals surface area (Å²) in [5.74, 6) is 0.815. The van der Waals surface area contributed by atoms with Crippen LogP contribution in [0, 0.1) is 5.82 Å². The predicted molar refractivity (Wildman–Crippen MR) is 70.2 cm³/mol. The topological polar surface area (TPSA) is 37.4 Å². The second-order valence-corrected chi connectivity index (χ2v) is 7.64. The zero-order chi connectivity index (χ0) is 12.5. The molecule has 0 N–H and O–H groups in total. The zero-order valence-electron chi connectivity index (χ0n) is 8.90. The molecule has 0 bridgehead atoms. The van der Waals surface area contributed by atoms with Crippen molar-refractivity contribution >= 4 is 37.7 Å². The van der Waals surface area contributed by atoms with E-state index in [2.05, 4.69) is 15.9 Å². The van der Waals surface area contributed by atoms with Crippen LogP contribution in [0.5, 0.6) is 0 Å². The van der Waals surface area contributed by atoms with Gasteiger partial charge >= 0.3 is 0 Å². The predicted octanol–water partition coefficient (Wildman–Crippen LogP) is 2.33. The smallest absolute Gasteiger partial charge is 0.207 e. The summed E-state index contributed by atoms with van der Waals surface area (Å²) in [6.07, 6.45) is 0. The SMILES string of the molecule is O=S(=O)(c1cc(Br)ccc1F)N1CCSCC1. The summed E-state index contributed by atoms with van der Waals surface area (Å²) in [7, 11) is -3.70. The second-order valence-electron chi connectivity index (χ2n) is 3.59. The Balaban J connectivity index is 2.40. The fourth-order valence-electron chi connectivity index (χ4n) is 1.60. The van der Waals surface area contributed by atoms with Crippen molar-refractivity contribution < 1.29 is 12.8 Å². The molecule has 3 nitrogen and oxygen atoms in total. The lowest BCUT2D eigenvalue weighted by molar-refractivity contribution is 0.438. The molecule has 0 atom stereocenters. The van der Waals surface area contributed by atoms with E-state index >= 15 is 0 Å². The van der Waals surface area contributed by atoms with Gasteiger partial charge in [-0.15, -0.1) is 0 Å². The molecule has 1 aliphatic rings. The van der Waals surface area contributed by atoms with Gasteiger partial charge in [-0.05, 0) is 18.2 Å². The molecule has 1 aromatic carbocycles. The molecule has 0 unspecified atom stereocenters. The lowest BCUT2D eigenvalue weighted by Gasteiger charge is -2.25. The van der Waals surface area contributed by atoms with E-state index in [0.29, 0.717) is 17.6 Å². The Labute approximate surface area is 113 Å². The first-order chi connectivity index (χ1) is 8.01. The van der Waals surface area contributed by atoms with Gasteiger partial charge in [-0.2, -0.15) is 16.1 Å². The van der Waals surface area contributed by atoms with Crippen LogP contribution in [-0.2, 0) is 10.0 Å². The Morgan fingerprint density at radius 2 is 1.94 bits per heavy atom. The third-order valence-corrected chi connectivity index (χ3v) is 5.83. The summed E-state index contributed by atoms with van der Waals surface area (Å²) in [6, 6.07) is 3.96. The lowest BCUT2D eigenvalue weighted by atomic mass is 10.3. The Hall–Kier alpha value is -0.110. The minimum absolute atomic E-state index is 0.251. The van der Waals surface area contributed by atoms with E-state index in [0.717, 1.165) is 17.6 Å². The molecule has 2 rings (SSSR count). The van der Waals surface area contributed by atoms with Crippen LogP contribution in [0.15, 0.2) is 27.6 Å². The van der Waals surface area contributed by atoms with Gasteiger partial charge in [-0.3, -0.25) is 0 Å².